The molecule has 0 saturated carbocycles. The summed E-state index contributed by atoms with van der Waals surface area (Å²) >= 11 is 5.99. The molecule has 18 heavy (non-hydrogen) atoms. The van der Waals surface area contributed by atoms with Crippen LogP contribution in [0.4, 0.5) is 4.39 Å². The Hall–Kier alpha value is -0.600. The van der Waals surface area contributed by atoms with E-state index in [2.05, 4.69) is 33.0 Å². The van der Waals surface area contributed by atoms with E-state index < -0.39 is 0 Å². The van der Waals surface area contributed by atoms with Crippen LogP contribution in [0.2, 0.25) is 5.02 Å². The highest BCUT2D eigenvalue weighted by Gasteiger charge is 2.20. The van der Waals surface area contributed by atoms with Gasteiger partial charge in [0.1, 0.15) is 5.82 Å². The monoisotopic (exact) mass is 271 g/mol. The first-order valence-electron chi connectivity index (χ1n) is 6.45. The van der Waals surface area contributed by atoms with Gasteiger partial charge in [0.05, 0.1) is 5.02 Å². The van der Waals surface area contributed by atoms with Crippen molar-refractivity contribution in [2.24, 2.45) is 11.3 Å². The molecule has 1 nitrogen and oxygen atoms in total. The minimum atomic E-state index is -0.333. The summed E-state index contributed by atoms with van der Waals surface area (Å²) in [6.07, 6.45) is 0.773. The fourth-order valence-electron chi connectivity index (χ4n) is 1.96. The van der Waals surface area contributed by atoms with Crippen LogP contribution in [0.25, 0.3) is 0 Å². The summed E-state index contributed by atoms with van der Waals surface area (Å²) in [5, 5.41) is 3.70. The fraction of sp³-hybridized carbons (Fsp3) is 0.600. The lowest BCUT2D eigenvalue weighted by Gasteiger charge is -2.26. The number of hydrogen-bond donors (Lipinski definition) is 1. The normalized spacial score (nSPS) is 12.2. The number of hydrogen-bond acceptors (Lipinski definition) is 1. The smallest absolute Gasteiger partial charge is 0.142 e. The van der Waals surface area contributed by atoms with E-state index in [0.717, 1.165) is 25.1 Å². The molecule has 3 heteroatoms. The standard InChI is InChI=1S/C15H23ClFN/c1-11(2)9-18-10-15(3,4)8-12-6-5-7-13(17)14(12)16/h5-7,11,18H,8-10H2,1-4H3. The summed E-state index contributed by atoms with van der Waals surface area (Å²) in [5.41, 5.74) is 0.944. The van der Waals surface area contributed by atoms with Gasteiger partial charge in [0.25, 0.3) is 0 Å². The first-order chi connectivity index (χ1) is 8.32. The largest absolute Gasteiger partial charge is 0.316 e. The molecule has 0 aromatic heterocycles. The van der Waals surface area contributed by atoms with Gasteiger partial charge >= 0.3 is 0 Å². The number of rotatable bonds is 6. The van der Waals surface area contributed by atoms with Crippen LogP contribution in [0.15, 0.2) is 18.2 Å². The highest BCUT2D eigenvalue weighted by Crippen LogP contribution is 2.27. The summed E-state index contributed by atoms with van der Waals surface area (Å²) in [4.78, 5) is 0. The molecule has 1 N–H and O–H groups in total. The van der Waals surface area contributed by atoms with E-state index in [1.807, 2.05) is 6.07 Å². The summed E-state index contributed by atoms with van der Waals surface area (Å²) in [6, 6.07) is 5.01. The van der Waals surface area contributed by atoms with Gasteiger partial charge in [0.2, 0.25) is 0 Å². The molecule has 0 unspecified atom stereocenters. The highest BCUT2D eigenvalue weighted by atomic mass is 35.5. The van der Waals surface area contributed by atoms with Crippen LogP contribution >= 0.6 is 11.6 Å². The van der Waals surface area contributed by atoms with Crippen molar-refractivity contribution in [1.29, 1.82) is 0 Å². The average molecular weight is 272 g/mol. The third-order valence-corrected chi connectivity index (χ3v) is 3.28. The number of halogens is 2. The van der Waals surface area contributed by atoms with Crippen molar-refractivity contribution in [1.82, 2.24) is 5.32 Å². The van der Waals surface area contributed by atoms with Crippen molar-refractivity contribution in [3.05, 3.63) is 34.6 Å². The minimum Gasteiger partial charge on any atom is -0.316 e. The third kappa shape index (κ3) is 4.95. The van der Waals surface area contributed by atoms with Gasteiger partial charge in [0.15, 0.2) is 0 Å². The Bertz CT molecular complexity index is 388. The Kier molecular flexibility index (Phi) is 5.61. The van der Waals surface area contributed by atoms with Gasteiger partial charge in [-0.1, -0.05) is 51.4 Å². The van der Waals surface area contributed by atoms with E-state index in [0.29, 0.717) is 5.92 Å². The lowest BCUT2D eigenvalue weighted by Crippen LogP contribution is -2.33. The van der Waals surface area contributed by atoms with Crippen LogP contribution in [0.5, 0.6) is 0 Å². The molecule has 102 valence electrons. The Morgan fingerprint density at radius 3 is 2.61 bits per heavy atom. The topological polar surface area (TPSA) is 12.0 Å². The van der Waals surface area contributed by atoms with Crippen LogP contribution in [0.1, 0.15) is 33.3 Å². The van der Waals surface area contributed by atoms with Crippen molar-refractivity contribution in [3.63, 3.8) is 0 Å². The van der Waals surface area contributed by atoms with E-state index in [1.54, 1.807) is 6.07 Å². The van der Waals surface area contributed by atoms with Crippen LogP contribution in [0.3, 0.4) is 0 Å². The molecular weight excluding hydrogens is 249 g/mol. The second-order valence-corrected chi connectivity index (χ2v) is 6.46. The lowest BCUT2D eigenvalue weighted by atomic mass is 9.85. The quantitative estimate of drug-likeness (QED) is 0.814. The van der Waals surface area contributed by atoms with Crippen molar-refractivity contribution < 1.29 is 4.39 Å². The lowest BCUT2D eigenvalue weighted by molar-refractivity contribution is 0.330. The Morgan fingerprint density at radius 1 is 1.33 bits per heavy atom. The molecule has 0 saturated heterocycles. The predicted octanol–water partition coefficient (Wildman–Crippen LogP) is 4.29. The maximum Gasteiger partial charge on any atom is 0.142 e. The van der Waals surface area contributed by atoms with Crippen molar-refractivity contribution in [2.75, 3.05) is 13.1 Å². The van der Waals surface area contributed by atoms with Crippen LogP contribution in [-0.4, -0.2) is 13.1 Å². The van der Waals surface area contributed by atoms with Crippen molar-refractivity contribution in [3.8, 4) is 0 Å². The third-order valence-electron chi connectivity index (χ3n) is 2.86. The van der Waals surface area contributed by atoms with Crippen molar-refractivity contribution >= 4 is 11.6 Å². The maximum atomic E-state index is 13.4. The molecule has 0 aliphatic rings. The average Bonchev–Trinajstić information content (AvgIpc) is 2.23. The SMILES string of the molecule is CC(C)CNCC(C)(C)Cc1cccc(F)c1Cl. The highest BCUT2D eigenvalue weighted by molar-refractivity contribution is 6.31. The molecule has 0 aliphatic carbocycles. The van der Waals surface area contributed by atoms with E-state index in [1.165, 1.54) is 6.07 Å². The van der Waals surface area contributed by atoms with Crippen LogP contribution < -0.4 is 5.32 Å². The molecular formula is C15H23ClFN. The number of benzene rings is 1. The molecule has 0 atom stereocenters. The summed E-state index contributed by atoms with van der Waals surface area (Å²) in [6.45, 7) is 10.6. The molecule has 1 aromatic rings. The van der Waals surface area contributed by atoms with Crippen LogP contribution in [-0.2, 0) is 6.42 Å². The van der Waals surface area contributed by atoms with Gasteiger partial charge in [-0.2, -0.15) is 0 Å². The van der Waals surface area contributed by atoms with E-state index in [9.17, 15) is 4.39 Å². The molecule has 0 fully saturated rings. The van der Waals surface area contributed by atoms with Gasteiger partial charge in [0, 0.05) is 6.54 Å². The van der Waals surface area contributed by atoms with Gasteiger partial charge in [-0.15, -0.1) is 0 Å². The van der Waals surface area contributed by atoms with Crippen molar-refractivity contribution in [2.45, 2.75) is 34.1 Å². The Balaban J connectivity index is 2.61. The molecule has 0 amide bonds. The summed E-state index contributed by atoms with van der Waals surface area (Å²) in [5.74, 6) is 0.304. The van der Waals surface area contributed by atoms with E-state index in [-0.39, 0.29) is 16.3 Å². The minimum absolute atomic E-state index is 0.0618. The fourth-order valence-corrected chi connectivity index (χ4v) is 2.16. The molecule has 0 spiro atoms. The first kappa shape index (κ1) is 15.5. The second kappa shape index (κ2) is 6.53. The van der Waals surface area contributed by atoms with Gasteiger partial charge in [-0.05, 0) is 35.9 Å². The maximum absolute atomic E-state index is 13.4. The molecule has 0 radical (unpaired) electrons. The van der Waals surface area contributed by atoms with Crippen LogP contribution in [0, 0.1) is 17.2 Å². The summed E-state index contributed by atoms with van der Waals surface area (Å²) in [7, 11) is 0. The van der Waals surface area contributed by atoms with E-state index in [4.69, 9.17) is 11.6 Å². The van der Waals surface area contributed by atoms with Gasteiger partial charge < -0.3 is 5.32 Å². The Labute approximate surface area is 115 Å². The first-order valence-corrected chi connectivity index (χ1v) is 6.83. The zero-order valence-electron chi connectivity index (χ0n) is 11.7. The second-order valence-electron chi connectivity index (χ2n) is 6.08. The zero-order valence-corrected chi connectivity index (χ0v) is 12.4. The Morgan fingerprint density at radius 2 is 2.00 bits per heavy atom. The molecule has 0 bridgehead atoms. The molecule has 1 rings (SSSR count). The molecule has 0 heterocycles. The number of nitrogens with one attached hydrogen (secondary N) is 1. The van der Waals surface area contributed by atoms with Gasteiger partial charge in [-0.3, -0.25) is 0 Å². The predicted molar refractivity (Wildman–Crippen MR) is 76.6 cm³/mol. The van der Waals surface area contributed by atoms with E-state index >= 15 is 0 Å². The molecule has 0 aliphatic heterocycles. The summed E-state index contributed by atoms with van der Waals surface area (Å²) < 4.78 is 13.4. The molecule has 1 aromatic carbocycles. The zero-order chi connectivity index (χ0) is 13.8. The van der Waals surface area contributed by atoms with Gasteiger partial charge in [-0.25, -0.2) is 4.39 Å².